The monoisotopic (exact) mass is 384 g/mol. The maximum absolute atomic E-state index is 12.3. The van der Waals surface area contributed by atoms with E-state index in [1.54, 1.807) is 62.4 Å². The van der Waals surface area contributed by atoms with Gasteiger partial charge in [-0.25, -0.2) is 0 Å². The number of hydrogen-bond donors (Lipinski definition) is 2. The lowest BCUT2D eigenvalue weighted by Crippen LogP contribution is -2.41. The lowest BCUT2D eigenvalue weighted by atomic mass is 10.2. The van der Waals surface area contributed by atoms with Crippen LogP contribution in [0, 0.1) is 6.92 Å². The summed E-state index contributed by atoms with van der Waals surface area (Å²) < 4.78 is 5.36. The van der Waals surface area contributed by atoms with Crippen LogP contribution in [-0.2, 0) is 4.79 Å². The summed E-state index contributed by atoms with van der Waals surface area (Å²) in [6.45, 7) is 3.32. The Morgan fingerprint density at radius 3 is 2.30 bits per heavy atom. The number of anilines is 1. The highest BCUT2D eigenvalue weighted by Gasteiger charge is 2.17. The van der Waals surface area contributed by atoms with Gasteiger partial charge in [0.1, 0.15) is 6.04 Å². The number of benzene rings is 2. The Labute approximate surface area is 160 Å². The van der Waals surface area contributed by atoms with E-state index in [2.05, 4.69) is 20.8 Å². The third-order valence-corrected chi connectivity index (χ3v) is 4.02. The molecule has 1 heterocycles. The van der Waals surface area contributed by atoms with Crippen molar-refractivity contribution in [2.75, 3.05) is 5.32 Å². The number of amides is 2. The molecule has 2 aromatic carbocycles. The second kappa shape index (κ2) is 8.01. The first kappa shape index (κ1) is 18.6. The fourth-order valence-electron chi connectivity index (χ4n) is 2.31. The summed E-state index contributed by atoms with van der Waals surface area (Å²) in [7, 11) is 0. The molecule has 0 bridgehead atoms. The smallest absolute Gasteiger partial charge is 0.251 e. The highest BCUT2D eigenvalue weighted by molar-refractivity contribution is 6.30. The van der Waals surface area contributed by atoms with Crippen LogP contribution in [0.2, 0.25) is 5.02 Å². The first-order valence-corrected chi connectivity index (χ1v) is 8.58. The zero-order chi connectivity index (χ0) is 19.4. The maximum Gasteiger partial charge on any atom is 0.251 e. The van der Waals surface area contributed by atoms with Gasteiger partial charge in [0.05, 0.1) is 0 Å². The number of carbonyl (C=O) groups is 2. The topological polar surface area (TPSA) is 97.1 Å². The normalized spacial score (nSPS) is 11.7. The van der Waals surface area contributed by atoms with E-state index in [4.69, 9.17) is 16.0 Å². The maximum atomic E-state index is 12.3. The largest absolute Gasteiger partial charge is 0.421 e. The van der Waals surface area contributed by atoms with Gasteiger partial charge in [0.2, 0.25) is 17.7 Å². The van der Waals surface area contributed by atoms with E-state index in [0.29, 0.717) is 28.1 Å². The molecule has 2 amide bonds. The molecule has 0 saturated heterocycles. The summed E-state index contributed by atoms with van der Waals surface area (Å²) in [4.78, 5) is 24.5. The molecule has 1 atom stereocenters. The molecule has 138 valence electrons. The zero-order valence-electron chi connectivity index (χ0n) is 14.7. The summed E-state index contributed by atoms with van der Waals surface area (Å²) >= 11 is 5.81. The van der Waals surface area contributed by atoms with Gasteiger partial charge in [-0.05, 0) is 55.5 Å². The van der Waals surface area contributed by atoms with E-state index in [-0.39, 0.29) is 11.8 Å². The number of halogens is 1. The number of aromatic nitrogens is 2. The second-order valence-corrected chi connectivity index (χ2v) is 6.33. The van der Waals surface area contributed by atoms with Crippen molar-refractivity contribution in [3.63, 3.8) is 0 Å². The fourth-order valence-corrected chi connectivity index (χ4v) is 2.43. The van der Waals surface area contributed by atoms with Crippen molar-refractivity contribution in [1.29, 1.82) is 0 Å². The first-order valence-electron chi connectivity index (χ1n) is 8.20. The Bertz CT molecular complexity index is 952. The minimum absolute atomic E-state index is 0.335. The second-order valence-electron chi connectivity index (χ2n) is 5.89. The molecule has 0 saturated carbocycles. The van der Waals surface area contributed by atoms with Gasteiger partial charge < -0.3 is 15.1 Å². The Balaban J connectivity index is 1.59. The molecule has 0 radical (unpaired) electrons. The summed E-state index contributed by atoms with van der Waals surface area (Å²) in [5.74, 6) is 0.205. The molecule has 0 unspecified atom stereocenters. The van der Waals surface area contributed by atoms with Crippen LogP contribution in [0.3, 0.4) is 0 Å². The van der Waals surface area contributed by atoms with Crippen LogP contribution in [0.4, 0.5) is 5.69 Å². The summed E-state index contributed by atoms with van der Waals surface area (Å²) in [5, 5.41) is 13.7. The number of aryl methyl sites for hydroxylation is 1. The van der Waals surface area contributed by atoms with Gasteiger partial charge >= 0.3 is 0 Å². The quantitative estimate of drug-likeness (QED) is 0.702. The number of hydrogen-bond acceptors (Lipinski definition) is 5. The molecule has 0 aliphatic rings. The van der Waals surface area contributed by atoms with Crippen LogP contribution in [0.1, 0.15) is 23.2 Å². The van der Waals surface area contributed by atoms with Crippen molar-refractivity contribution in [1.82, 2.24) is 15.5 Å². The van der Waals surface area contributed by atoms with Gasteiger partial charge in [-0.2, -0.15) is 0 Å². The third-order valence-electron chi connectivity index (χ3n) is 3.77. The third kappa shape index (κ3) is 4.71. The number of nitrogens with zero attached hydrogens (tertiary/aromatic N) is 2. The van der Waals surface area contributed by atoms with E-state index < -0.39 is 6.04 Å². The fraction of sp³-hybridized carbons (Fsp3) is 0.158. The zero-order valence-corrected chi connectivity index (χ0v) is 15.4. The van der Waals surface area contributed by atoms with Gasteiger partial charge in [0, 0.05) is 28.8 Å². The SMILES string of the molecule is Cc1nnc(-c2ccc(NC(=O)[C@@H](C)NC(=O)c3ccc(Cl)cc3)cc2)o1. The number of carbonyl (C=O) groups excluding carboxylic acids is 2. The van der Waals surface area contributed by atoms with Crippen LogP contribution in [0.5, 0.6) is 0 Å². The van der Waals surface area contributed by atoms with E-state index in [1.807, 2.05) is 0 Å². The van der Waals surface area contributed by atoms with Gasteiger partial charge in [-0.3, -0.25) is 9.59 Å². The number of nitrogens with one attached hydrogen (secondary N) is 2. The highest BCUT2D eigenvalue weighted by Crippen LogP contribution is 2.20. The van der Waals surface area contributed by atoms with Crippen molar-refractivity contribution in [2.24, 2.45) is 0 Å². The first-order chi connectivity index (χ1) is 12.9. The molecule has 0 spiro atoms. The lowest BCUT2D eigenvalue weighted by molar-refractivity contribution is -0.117. The molecule has 2 N–H and O–H groups in total. The van der Waals surface area contributed by atoms with E-state index in [1.165, 1.54) is 0 Å². The summed E-state index contributed by atoms with van der Waals surface area (Å²) in [6.07, 6.45) is 0. The molecule has 3 aromatic rings. The van der Waals surface area contributed by atoms with Crippen molar-refractivity contribution in [3.05, 3.63) is 65.0 Å². The molecule has 0 fully saturated rings. The van der Waals surface area contributed by atoms with Crippen LogP contribution in [0.15, 0.2) is 52.9 Å². The molecular weight excluding hydrogens is 368 g/mol. The Morgan fingerprint density at radius 2 is 1.70 bits per heavy atom. The Morgan fingerprint density at radius 1 is 1.04 bits per heavy atom. The standard InChI is InChI=1S/C19H17ClN4O3/c1-11(21-18(26)13-3-7-15(20)8-4-13)17(25)22-16-9-5-14(6-10-16)19-24-23-12(2)27-19/h3-11H,1-2H3,(H,21,26)(H,22,25)/t11-/m1/s1. The van der Waals surface area contributed by atoms with Crippen molar-refractivity contribution >= 4 is 29.1 Å². The van der Waals surface area contributed by atoms with Crippen LogP contribution >= 0.6 is 11.6 Å². The lowest BCUT2D eigenvalue weighted by Gasteiger charge is -2.14. The predicted octanol–water partition coefficient (Wildman–Crippen LogP) is 3.46. The van der Waals surface area contributed by atoms with Crippen LogP contribution < -0.4 is 10.6 Å². The van der Waals surface area contributed by atoms with Crippen molar-refractivity contribution in [2.45, 2.75) is 19.9 Å². The van der Waals surface area contributed by atoms with Gasteiger partial charge in [-0.1, -0.05) is 11.6 Å². The van der Waals surface area contributed by atoms with E-state index >= 15 is 0 Å². The van der Waals surface area contributed by atoms with Crippen molar-refractivity contribution < 1.29 is 14.0 Å². The average Bonchev–Trinajstić information content (AvgIpc) is 3.09. The molecule has 8 heteroatoms. The molecule has 0 aliphatic heterocycles. The van der Waals surface area contributed by atoms with Gasteiger partial charge in [-0.15, -0.1) is 10.2 Å². The van der Waals surface area contributed by atoms with Crippen molar-refractivity contribution in [3.8, 4) is 11.5 Å². The Kier molecular flexibility index (Phi) is 5.52. The molecule has 0 aliphatic carbocycles. The van der Waals surface area contributed by atoms with Crippen LogP contribution in [-0.4, -0.2) is 28.1 Å². The molecule has 1 aromatic heterocycles. The minimum atomic E-state index is -0.716. The average molecular weight is 385 g/mol. The predicted molar refractivity (Wildman–Crippen MR) is 101 cm³/mol. The number of rotatable bonds is 5. The van der Waals surface area contributed by atoms with Gasteiger partial charge in [0.15, 0.2) is 0 Å². The summed E-state index contributed by atoms with van der Waals surface area (Å²) in [5.41, 5.74) is 1.77. The van der Waals surface area contributed by atoms with Crippen LogP contribution in [0.25, 0.3) is 11.5 Å². The van der Waals surface area contributed by atoms with Gasteiger partial charge in [0.25, 0.3) is 5.91 Å². The minimum Gasteiger partial charge on any atom is -0.421 e. The highest BCUT2D eigenvalue weighted by atomic mass is 35.5. The molecule has 7 nitrogen and oxygen atoms in total. The Hall–Kier alpha value is -3.19. The van der Waals surface area contributed by atoms with E-state index in [0.717, 1.165) is 5.56 Å². The summed E-state index contributed by atoms with van der Waals surface area (Å²) in [6, 6.07) is 12.7. The molecule has 3 rings (SSSR count). The molecular formula is C19H17ClN4O3. The molecule has 27 heavy (non-hydrogen) atoms. The van der Waals surface area contributed by atoms with E-state index in [9.17, 15) is 9.59 Å².